The molecule has 19 heavy (non-hydrogen) atoms. The molecule has 1 aromatic carbocycles. The molecular weight excluding hydrogens is 238 g/mol. The van der Waals surface area contributed by atoms with Crippen LogP contribution in [0.15, 0.2) is 18.2 Å². The highest BCUT2D eigenvalue weighted by molar-refractivity contribution is 5.79. The van der Waals surface area contributed by atoms with Gasteiger partial charge in [0.25, 0.3) is 0 Å². The molecule has 1 aliphatic carbocycles. The van der Waals surface area contributed by atoms with E-state index in [2.05, 4.69) is 37.4 Å². The van der Waals surface area contributed by atoms with Crippen molar-refractivity contribution in [2.24, 2.45) is 5.92 Å². The lowest BCUT2D eigenvalue weighted by Gasteiger charge is -2.15. The van der Waals surface area contributed by atoms with Gasteiger partial charge in [0.1, 0.15) is 0 Å². The lowest BCUT2D eigenvalue weighted by Crippen LogP contribution is -2.35. The van der Waals surface area contributed by atoms with Crippen molar-refractivity contribution in [1.29, 1.82) is 0 Å². The van der Waals surface area contributed by atoms with Crippen molar-refractivity contribution >= 4 is 5.91 Å². The SMILES string of the molecule is Cc1cccc(C)c1CCNC(=O)C1CCCC1O. The first-order chi connectivity index (χ1) is 9.09. The minimum atomic E-state index is -0.444. The molecule has 0 heterocycles. The maximum absolute atomic E-state index is 11.9. The first-order valence-corrected chi connectivity index (χ1v) is 7.10. The van der Waals surface area contributed by atoms with Gasteiger partial charge in [0.05, 0.1) is 12.0 Å². The summed E-state index contributed by atoms with van der Waals surface area (Å²) >= 11 is 0. The average Bonchev–Trinajstić information content (AvgIpc) is 2.79. The summed E-state index contributed by atoms with van der Waals surface area (Å²) in [6, 6.07) is 6.26. The second kappa shape index (κ2) is 6.20. The number of aliphatic hydroxyl groups is 1. The van der Waals surface area contributed by atoms with Crippen LogP contribution in [0.2, 0.25) is 0 Å². The van der Waals surface area contributed by atoms with Crippen LogP contribution in [0.25, 0.3) is 0 Å². The van der Waals surface area contributed by atoms with E-state index in [1.165, 1.54) is 16.7 Å². The summed E-state index contributed by atoms with van der Waals surface area (Å²) in [5, 5.41) is 12.7. The summed E-state index contributed by atoms with van der Waals surface area (Å²) in [4.78, 5) is 11.9. The Morgan fingerprint density at radius 3 is 2.58 bits per heavy atom. The van der Waals surface area contributed by atoms with E-state index in [-0.39, 0.29) is 11.8 Å². The zero-order chi connectivity index (χ0) is 13.8. The maximum atomic E-state index is 11.9. The number of rotatable bonds is 4. The smallest absolute Gasteiger partial charge is 0.225 e. The minimum absolute atomic E-state index is 0.0104. The third-order valence-electron chi connectivity index (χ3n) is 4.13. The summed E-state index contributed by atoms with van der Waals surface area (Å²) in [5.41, 5.74) is 3.86. The van der Waals surface area contributed by atoms with Crippen LogP contribution in [0.5, 0.6) is 0 Å². The standard InChI is InChI=1S/C16H23NO2/c1-11-5-3-6-12(2)13(11)9-10-17-16(19)14-7-4-8-15(14)18/h3,5-6,14-15,18H,4,7-10H2,1-2H3,(H,17,19). The predicted molar refractivity (Wildman–Crippen MR) is 76.0 cm³/mol. The zero-order valence-corrected chi connectivity index (χ0v) is 11.8. The highest BCUT2D eigenvalue weighted by Gasteiger charge is 2.30. The Hall–Kier alpha value is -1.35. The number of carbonyl (C=O) groups excluding carboxylic acids is 1. The highest BCUT2D eigenvalue weighted by Crippen LogP contribution is 2.25. The number of carbonyl (C=O) groups is 1. The normalized spacial score (nSPS) is 22.5. The van der Waals surface area contributed by atoms with Gasteiger partial charge >= 0.3 is 0 Å². The summed E-state index contributed by atoms with van der Waals surface area (Å²) < 4.78 is 0. The van der Waals surface area contributed by atoms with Crippen LogP contribution in [0.1, 0.15) is 36.0 Å². The molecule has 1 saturated carbocycles. The topological polar surface area (TPSA) is 49.3 Å². The molecule has 0 aromatic heterocycles. The van der Waals surface area contributed by atoms with Crippen molar-refractivity contribution in [3.63, 3.8) is 0 Å². The second-order valence-corrected chi connectivity index (χ2v) is 5.52. The quantitative estimate of drug-likeness (QED) is 0.872. The van der Waals surface area contributed by atoms with Crippen LogP contribution in [0, 0.1) is 19.8 Å². The molecule has 0 radical (unpaired) electrons. The van der Waals surface area contributed by atoms with Crippen molar-refractivity contribution < 1.29 is 9.90 Å². The molecule has 0 spiro atoms. The highest BCUT2D eigenvalue weighted by atomic mass is 16.3. The molecule has 2 unspecified atom stereocenters. The van der Waals surface area contributed by atoms with Gasteiger partial charge in [-0.1, -0.05) is 18.2 Å². The van der Waals surface area contributed by atoms with Crippen molar-refractivity contribution in [2.45, 2.75) is 45.6 Å². The molecule has 2 N–H and O–H groups in total. The number of hydrogen-bond donors (Lipinski definition) is 2. The molecule has 3 nitrogen and oxygen atoms in total. The molecule has 104 valence electrons. The van der Waals surface area contributed by atoms with Crippen LogP contribution >= 0.6 is 0 Å². The van der Waals surface area contributed by atoms with Gasteiger partial charge < -0.3 is 10.4 Å². The fraction of sp³-hybridized carbons (Fsp3) is 0.562. The largest absolute Gasteiger partial charge is 0.392 e. The maximum Gasteiger partial charge on any atom is 0.225 e. The monoisotopic (exact) mass is 261 g/mol. The minimum Gasteiger partial charge on any atom is -0.392 e. The number of aryl methyl sites for hydroxylation is 2. The Morgan fingerprint density at radius 2 is 2.00 bits per heavy atom. The van der Waals surface area contributed by atoms with Gasteiger partial charge in [0.15, 0.2) is 0 Å². The van der Waals surface area contributed by atoms with Crippen molar-refractivity contribution in [1.82, 2.24) is 5.32 Å². The van der Waals surface area contributed by atoms with Crippen molar-refractivity contribution in [2.75, 3.05) is 6.54 Å². The van der Waals surface area contributed by atoms with E-state index in [1.807, 2.05) is 0 Å². The fourth-order valence-corrected chi connectivity index (χ4v) is 2.93. The van der Waals surface area contributed by atoms with Gasteiger partial charge in [0, 0.05) is 6.54 Å². The van der Waals surface area contributed by atoms with Crippen LogP contribution < -0.4 is 5.32 Å². The van der Waals surface area contributed by atoms with Gasteiger partial charge in [0.2, 0.25) is 5.91 Å². The first-order valence-electron chi connectivity index (χ1n) is 7.10. The predicted octanol–water partition coefficient (Wildman–Crippen LogP) is 2.12. The van der Waals surface area contributed by atoms with Crippen molar-refractivity contribution in [3.05, 3.63) is 34.9 Å². The van der Waals surface area contributed by atoms with Crippen LogP contribution in [-0.4, -0.2) is 23.7 Å². The van der Waals surface area contributed by atoms with E-state index >= 15 is 0 Å². The summed E-state index contributed by atoms with van der Waals surface area (Å²) in [6.07, 6.45) is 2.94. The third kappa shape index (κ3) is 3.35. The Balaban J connectivity index is 1.85. The Bertz CT molecular complexity index is 436. The summed E-state index contributed by atoms with van der Waals surface area (Å²) in [7, 11) is 0. The van der Waals surface area contributed by atoms with Crippen LogP contribution in [-0.2, 0) is 11.2 Å². The Morgan fingerprint density at radius 1 is 1.32 bits per heavy atom. The average molecular weight is 261 g/mol. The molecule has 0 bridgehead atoms. The number of amides is 1. The molecule has 1 aromatic rings. The van der Waals surface area contributed by atoms with E-state index < -0.39 is 6.10 Å². The lowest BCUT2D eigenvalue weighted by molar-refractivity contribution is -0.127. The molecule has 1 fully saturated rings. The summed E-state index contributed by atoms with van der Waals surface area (Å²) in [5.74, 6) is -0.186. The van der Waals surface area contributed by atoms with Gasteiger partial charge in [-0.3, -0.25) is 4.79 Å². The van der Waals surface area contributed by atoms with Crippen molar-refractivity contribution in [3.8, 4) is 0 Å². The van der Waals surface area contributed by atoms with Gasteiger partial charge in [-0.2, -0.15) is 0 Å². The number of benzene rings is 1. The molecule has 2 atom stereocenters. The molecule has 1 aliphatic rings. The fourth-order valence-electron chi connectivity index (χ4n) is 2.93. The number of nitrogens with one attached hydrogen (secondary N) is 1. The van der Waals surface area contributed by atoms with E-state index in [0.29, 0.717) is 6.54 Å². The molecule has 0 saturated heterocycles. The Labute approximate surface area is 115 Å². The second-order valence-electron chi connectivity index (χ2n) is 5.52. The number of hydrogen-bond acceptors (Lipinski definition) is 2. The van der Waals surface area contributed by atoms with Gasteiger partial charge in [-0.15, -0.1) is 0 Å². The van der Waals surface area contributed by atoms with Crippen LogP contribution in [0.3, 0.4) is 0 Å². The molecule has 3 heteroatoms. The molecule has 1 amide bonds. The molecular formula is C16H23NO2. The van der Waals surface area contributed by atoms with Gasteiger partial charge in [-0.05, 0) is 56.2 Å². The summed E-state index contributed by atoms with van der Waals surface area (Å²) in [6.45, 7) is 4.85. The molecule has 0 aliphatic heterocycles. The zero-order valence-electron chi connectivity index (χ0n) is 11.8. The lowest BCUT2D eigenvalue weighted by atomic mass is 10.00. The number of aliphatic hydroxyl groups excluding tert-OH is 1. The third-order valence-corrected chi connectivity index (χ3v) is 4.13. The van der Waals surface area contributed by atoms with E-state index in [0.717, 1.165) is 25.7 Å². The van der Waals surface area contributed by atoms with Crippen LogP contribution in [0.4, 0.5) is 0 Å². The van der Waals surface area contributed by atoms with Gasteiger partial charge in [-0.25, -0.2) is 0 Å². The van der Waals surface area contributed by atoms with E-state index in [1.54, 1.807) is 0 Å². The van der Waals surface area contributed by atoms with E-state index in [4.69, 9.17) is 0 Å². The molecule has 2 rings (SSSR count). The Kier molecular flexibility index (Phi) is 4.59. The first kappa shape index (κ1) is 14.1. The van der Waals surface area contributed by atoms with E-state index in [9.17, 15) is 9.90 Å².